The second-order valence-corrected chi connectivity index (χ2v) is 6.60. The van der Waals surface area contributed by atoms with Crippen molar-refractivity contribution in [2.75, 3.05) is 19.5 Å². The Hall–Kier alpha value is -2.62. The highest BCUT2D eigenvalue weighted by Crippen LogP contribution is 2.31. The quantitative estimate of drug-likeness (QED) is 0.567. The zero-order valence-electron chi connectivity index (χ0n) is 14.3. The molecule has 0 unspecified atom stereocenters. The summed E-state index contributed by atoms with van der Waals surface area (Å²) >= 11 is 2.11. The summed E-state index contributed by atoms with van der Waals surface area (Å²) in [5, 5.41) is 7.01. The van der Waals surface area contributed by atoms with Crippen LogP contribution in [0, 0.1) is 3.57 Å². The van der Waals surface area contributed by atoms with Gasteiger partial charge in [-0.2, -0.15) is 5.10 Å². The summed E-state index contributed by atoms with van der Waals surface area (Å²) < 4.78 is 13.0. The summed E-state index contributed by atoms with van der Waals surface area (Å²) in [6.07, 6.45) is 3.14. The fourth-order valence-electron chi connectivity index (χ4n) is 2.48. The Kier molecular flexibility index (Phi) is 5.71. The first-order valence-electron chi connectivity index (χ1n) is 7.75. The van der Waals surface area contributed by atoms with Gasteiger partial charge >= 0.3 is 0 Å². The molecule has 134 valence electrons. The number of ether oxygens (including phenoxy) is 2. The van der Waals surface area contributed by atoms with Crippen LogP contribution in [0.1, 0.15) is 15.9 Å². The first-order valence-corrected chi connectivity index (χ1v) is 8.83. The molecule has 3 aromatic rings. The third-order valence-electron chi connectivity index (χ3n) is 3.71. The maximum Gasteiger partial charge on any atom is 0.256 e. The molecule has 1 N–H and O–H groups in total. The Morgan fingerprint density at radius 3 is 2.65 bits per heavy atom. The van der Waals surface area contributed by atoms with E-state index in [9.17, 15) is 4.79 Å². The first-order chi connectivity index (χ1) is 12.6. The van der Waals surface area contributed by atoms with Crippen LogP contribution >= 0.6 is 22.6 Å². The number of rotatable bonds is 6. The lowest BCUT2D eigenvalue weighted by Gasteiger charge is -2.12. The Labute approximate surface area is 164 Å². The summed E-state index contributed by atoms with van der Waals surface area (Å²) in [7, 11) is 3.11. The number of aromatic nitrogens is 3. The van der Waals surface area contributed by atoms with Crippen molar-refractivity contribution >= 4 is 34.2 Å². The summed E-state index contributed by atoms with van der Waals surface area (Å²) in [5.74, 6) is 0.884. The van der Waals surface area contributed by atoms with Crippen molar-refractivity contribution in [3.63, 3.8) is 0 Å². The number of anilines is 1. The average Bonchev–Trinajstić information content (AvgIpc) is 3.14. The smallest absolute Gasteiger partial charge is 0.256 e. The fraction of sp³-hybridized carbons (Fsp3) is 0.167. The molecule has 0 aliphatic heterocycles. The average molecular weight is 464 g/mol. The molecular formula is C18H17IN4O3. The number of hydrogen-bond acceptors (Lipinski definition) is 5. The van der Waals surface area contributed by atoms with E-state index >= 15 is 0 Å². The molecule has 1 aromatic heterocycles. The van der Waals surface area contributed by atoms with Crippen LogP contribution in [0.25, 0.3) is 0 Å². The molecule has 0 saturated heterocycles. The molecule has 0 fully saturated rings. The van der Waals surface area contributed by atoms with Crippen molar-refractivity contribution in [2.24, 2.45) is 0 Å². The van der Waals surface area contributed by atoms with E-state index in [2.05, 4.69) is 38.0 Å². The number of hydrogen-bond donors (Lipinski definition) is 1. The van der Waals surface area contributed by atoms with Gasteiger partial charge in [-0.3, -0.25) is 4.79 Å². The molecule has 0 spiro atoms. The van der Waals surface area contributed by atoms with E-state index in [1.165, 1.54) is 6.33 Å². The Bertz CT molecular complexity index is 913. The van der Waals surface area contributed by atoms with E-state index in [0.29, 0.717) is 29.3 Å². The SMILES string of the molecule is COc1cc(I)c(C(=O)Nc2cccc(Cn3cncn3)c2)cc1OC. The number of amides is 1. The molecule has 0 aliphatic carbocycles. The molecule has 0 bridgehead atoms. The highest BCUT2D eigenvalue weighted by atomic mass is 127. The second-order valence-electron chi connectivity index (χ2n) is 5.43. The lowest BCUT2D eigenvalue weighted by atomic mass is 10.1. The standard InChI is InChI=1S/C18H17IN4O3/c1-25-16-7-14(15(19)8-17(16)26-2)18(24)22-13-5-3-4-12(6-13)9-23-11-20-10-21-23/h3-8,10-11H,9H2,1-2H3,(H,22,24). The third kappa shape index (κ3) is 4.13. The number of carbonyl (C=O) groups is 1. The predicted octanol–water partition coefficient (Wildman–Crippen LogP) is 3.20. The van der Waals surface area contributed by atoms with Crippen LogP contribution < -0.4 is 14.8 Å². The van der Waals surface area contributed by atoms with Gasteiger partial charge in [0.05, 0.1) is 26.3 Å². The summed E-state index contributed by atoms with van der Waals surface area (Å²) in [5.41, 5.74) is 2.23. The monoisotopic (exact) mass is 464 g/mol. The number of methoxy groups -OCH3 is 2. The largest absolute Gasteiger partial charge is 0.493 e. The number of nitrogens with one attached hydrogen (secondary N) is 1. The molecule has 1 heterocycles. The van der Waals surface area contributed by atoms with E-state index in [0.717, 1.165) is 9.13 Å². The van der Waals surface area contributed by atoms with Crippen LogP contribution in [-0.2, 0) is 6.54 Å². The van der Waals surface area contributed by atoms with Crippen LogP contribution in [0.5, 0.6) is 11.5 Å². The molecule has 8 heteroatoms. The predicted molar refractivity (Wildman–Crippen MR) is 106 cm³/mol. The van der Waals surface area contributed by atoms with E-state index in [4.69, 9.17) is 9.47 Å². The van der Waals surface area contributed by atoms with E-state index in [1.807, 2.05) is 24.3 Å². The summed E-state index contributed by atoms with van der Waals surface area (Å²) in [6, 6.07) is 11.1. The molecule has 0 saturated carbocycles. The highest BCUT2D eigenvalue weighted by Gasteiger charge is 2.16. The van der Waals surface area contributed by atoms with Crippen molar-refractivity contribution in [3.8, 4) is 11.5 Å². The van der Waals surface area contributed by atoms with Gasteiger partial charge < -0.3 is 14.8 Å². The molecular weight excluding hydrogens is 447 g/mol. The van der Waals surface area contributed by atoms with Crippen molar-refractivity contribution in [1.29, 1.82) is 0 Å². The van der Waals surface area contributed by atoms with Crippen molar-refractivity contribution in [2.45, 2.75) is 6.54 Å². The van der Waals surface area contributed by atoms with Crippen LogP contribution in [0.3, 0.4) is 0 Å². The van der Waals surface area contributed by atoms with Gasteiger partial charge in [0, 0.05) is 9.26 Å². The Morgan fingerprint density at radius 2 is 1.96 bits per heavy atom. The number of nitrogens with zero attached hydrogens (tertiary/aromatic N) is 3. The van der Waals surface area contributed by atoms with Crippen LogP contribution in [0.2, 0.25) is 0 Å². The lowest BCUT2D eigenvalue weighted by Crippen LogP contribution is -2.14. The lowest BCUT2D eigenvalue weighted by molar-refractivity contribution is 0.102. The van der Waals surface area contributed by atoms with Gasteiger partial charge in [-0.15, -0.1) is 0 Å². The van der Waals surface area contributed by atoms with Crippen LogP contribution in [0.4, 0.5) is 5.69 Å². The molecule has 26 heavy (non-hydrogen) atoms. The van der Waals surface area contributed by atoms with Gasteiger partial charge in [-0.1, -0.05) is 12.1 Å². The van der Waals surface area contributed by atoms with E-state index in [1.54, 1.807) is 37.4 Å². The minimum Gasteiger partial charge on any atom is -0.493 e. The molecule has 3 rings (SSSR count). The maximum absolute atomic E-state index is 12.7. The van der Waals surface area contributed by atoms with Gasteiger partial charge in [-0.25, -0.2) is 9.67 Å². The van der Waals surface area contributed by atoms with Gasteiger partial charge in [0.2, 0.25) is 0 Å². The van der Waals surface area contributed by atoms with E-state index in [-0.39, 0.29) is 5.91 Å². The maximum atomic E-state index is 12.7. The normalized spacial score (nSPS) is 10.4. The van der Waals surface area contributed by atoms with Crippen molar-refractivity contribution in [1.82, 2.24) is 14.8 Å². The third-order valence-corrected chi connectivity index (χ3v) is 4.61. The zero-order valence-corrected chi connectivity index (χ0v) is 16.4. The Balaban J connectivity index is 1.80. The Morgan fingerprint density at radius 1 is 1.19 bits per heavy atom. The molecule has 0 atom stereocenters. The first kappa shape index (κ1) is 18.2. The summed E-state index contributed by atoms with van der Waals surface area (Å²) in [4.78, 5) is 16.6. The van der Waals surface area contributed by atoms with Gasteiger partial charge in [0.1, 0.15) is 12.7 Å². The minimum atomic E-state index is -0.215. The van der Waals surface area contributed by atoms with Crippen LogP contribution in [0.15, 0.2) is 49.1 Å². The van der Waals surface area contributed by atoms with Crippen molar-refractivity contribution < 1.29 is 14.3 Å². The molecule has 0 aliphatic rings. The number of carbonyl (C=O) groups excluding carboxylic acids is 1. The molecule has 7 nitrogen and oxygen atoms in total. The second kappa shape index (κ2) is 8.17. The number of halogens is 1. The molecule has 2 aromatic carbocycles. The van der Waals surface area contributed by atoms with Gasteiger partial charge in [0.15, 0.2) is 11.5 Å². The fourth-order valence-corrected chi connectivity index (χ4v) is 3.16. The molecule has 1 amide bonds. The summed E-state index contributed by atoms with van der Waals surface area (Å²) in [6.45, 7) is 0.581. The number of benzene rings is 2. The molecule has 0 radical (unpaired) electrons. The van der Waals surface area contributed by atoms with E-state index < -0.39 is 0 Å². The van der Waals surface area contributed by atoms with Gasteiger partial charge in [-0.05, 0) is 52.4 Å². The van der Waals surface area contributed by atoms with Crippen molar-refractivity contribution in [3.05, 3.63) is 63.7 Å². The van der Waals surface area contributed by atoms with Crippen LogP contribution in [-0.4, -0.2) is 34.9 Å². The van der Waals surface area contributed by atoms with Gasteiger partial charge in [0.25, 0.3) is 5.91 Å². The minimum absolute atomic E-state index is 0.215. The highest BCUT2D eigenvalue weighted by molar-refractivity contribution is 14.1. The zero-order chi connectivity index (χ0) is 18.5. The topological polar surface area (TPSA) is 78.3 Å².